The van der Waals surface area contributed by atoms with Crippen LogP contribution in [0.4, 0.5) is 11.6 Å². The molecule has 1 aromatic carbocycles. The van der Waals surface area contributed by atoms with Crippen molar-refractivity contribution >= 4 is 34.4 Å². The van der Waals surface area contributed by atoms with Crippen LogP contribution in [0.2, 0.25) is 5.28 Å². The van der Waals surface area contributed by atoms with Crippen molar-refractivity contribution in [1.29, 1.82) is 0 Å². The number of hydrogen-bond donors (Lipinski definition) is 2. The number of halogens is 1. The molecule has 0 atom stereocenters. The predicted molar refractivity (Wildman–Crippen MR) is 127 cm³/mol. The maximum atomic E-state index is 6.22. The van der Waals surface area contributed by atoms with Gasteiger partial charge in [0.05, 0.1) is 12.0 Å². The Bertz CT molecular complexity index is 1220. The molecule has 0 saturated carbocycles. The van der Waals surface area contributed by atoms with Crippen LogP contribution in [-0.4, -0.2) is 55.5 Å². The van der Waals surface area contributed by atoms with Crippen molar-refractivity contribution in [2.45, 2.75) is 26.4 Å². The molecule has 0 radical (unpaired) electrons. The van der Waals surface area contributed by atoms with Crippen LogP contribution in [0.1, 0.15) is 25.5 Å². The number of imidazole rings is 1. The summed E-state index contributed by atoms with van der Waals surface area (Å²) >= 11 is 6.22. The molecule has 1 saturated heterocycles. The number of hydrogen-bond acceptors (Lipinski definition) is 7. The molecule has 166 valence electrons. The standard InChI is InChI=1S/C22H26ClN9/c1-15(2)31-14-26-19-20(27-22(23)28-21(19)31)25-13-16-5-3-4-6-17(16)32-10-7-18(29-32)30-11-8-24-9-12-30/h3-7,10,14-15,24H,8-9,11-13H2,1-2H3,(H,25,27,28). The Morgan fingerprint density at radius 2 is 1.94 bits per heavy atom. The summed E-state index contributed by atoms with van der Waals surface area (Å²) < 4.78 is 3.92. The molecule has 4 aromatic rings. The molecule has 1 aliphatic heterocycles. The summed E-state index contributed by atoms with van der Waals surface area (Å²) in [6.45, 7) is 8.61. The lowest BCUT2D eigenvalue weighted by Crippen LogP contribution is -2.43. The van der Waals surface area contributed by atoms with Gasteiger partial charge in [-0.2, -0.15) is 15.1 Å². The third-order valence-electron chi connectivity index (χ3n) is 5.65. The summed E-state index contributed by atoms with van der Waals surface area (Å²) in [4.78, 5) is 15.6. The second kappa shape index (κ2) is 8.76. The van der Waals surface area contributed by atoms with Crippen molar-refractivity contribution in [3.05, 3.63) is 53.7 Å². The highest BCUT2D eigenvalue weighted by atomic mass is 35.5. The summed E-state index contributed by atoms with van der Waals surface area (Å²) in [6, 6.07) is 10.5. The first-order valence-electron chi connectivity index (χ1n) is 10.8. The van der Waals surface area contributed by atoms with Gasteiger partial charge in [-0.15, -0.1) is 0 Å². The van der Waals surface area contributed by atoms with E-state index in [1.165, 1.54) is 0 Å². The van der Waals surface area contributed by atoms with Gasteiger partial charge in [0.1, 0.15) is 0 Å². The summed E-state index contributed by atoms with van der Waals surface area (Å²) in [5.74, 6) is 1.62. The molecular formula is C22H26ClN9. The number of fused-ring (bicyclic) bond motifs is 1. The molecule has 32 heavy (non-hydrogen) atoms. The van der Waals surface area contributed by atoms with Gasteiger partial charge in [0.15, 0.2) is 22.8 Å². The van der Waals surface area contributed by atoms with Crippen molar-refractivity contribution in [1.82, 2.24) is 34.6 Å². The zero-order chi connectivity index (χ0) is 22.1. The lowest BCUT2D eigenvalue weighted by Gasteiger charge is -2.27. The van der Waals surface area contributed by atoms with Gasteiger partial charge >= 0.3 is 0 Å². The number of aromatic nitrogens is 6. The van der Waals surface area contributed by atoms with Crippen LogP contribution in [0.25, 0.3) is 16.9 Å². The molecule has 9 nitrogen and oxygen atoms in total. The molecule has 0 bridgehead atoms. The van der Waals surface area contributed by atoms with Gasteiger partial charge in [-0.05, 0) is 37.1 Å². The van der Waals surface area contributed by atoms with Crippen LogP contribution in [0.3, 0.4) is 0 Å². The monoisotopic (exact) mass is 451 g/mol. The van der Waals surface area contributed by atoms with Gasteiger partial charge in [0, 0.05) is 51.0 Å². The van der Waals surface area contributed by atoms with Crippen molar-refractivity contribution in [3.63, 3.8) is 0 Å². The molecule has 1 aliphatic rings. The van der Waals surface area contributed by atoms with Crippen molar-refractivity contribution in [2.24, 2.45) is 0 Å². The van der Waals surface area contributed by atoms with Gasteiger partial charge < -0.3 is 20.1 Å². The summed E-state index contributed by atoms with van der Waals surface area (Å²) in [5, 5.41) is 11.8. The van der Waals surface area contributed by atoms with Crippen LogP contribution >= 0.6 is 11.6 Å². The lowest BCUT2D eigenvalue weighted by atomic mass is 10.2. The van der Waals surface area contributed by atoms with E-state index in [1.54, 1.807) is 6.33 Å². The summed E-state index contributed by atoms with van der Waals surface area (Å²) in [5.41, 5.74) is 3.54. The molecule has 0 amide bonds. The van der Waals surface area contributed by atoms with E-state index < -0.39 is 0 Å². The number of benzene rings is 1. The van der Waals surface area contributed by atoms with Crippen LogP contribution in [-0.2, 0) is 6.54 Å². The predicted octanol–water partition coefficient (Wildman–Crippen LogP) is 3.27. The summed E-state index contributed by atoms with van der Waals surface area (Å²) in [7, 11) is 0. The van der Waals surface area contributed by atoms with E-state index in [9.17, 15) is 0 Å². The minimum absolute atomic E-state index is 0.198. The molecule has 1 fully saturated rings. The first-order valence-corrected chi connectivity index (χ1v) is 11.2. The average molecular weight is 452 g/mol. The number of nitrogens with zero attached hydrogens (tertiary/aromatic N) is 7. The number of piperazine rings is 1. The van der Waals surface area contributed by atoms with E-state index in [-0.39, 0.29) is 11.3 Å². The zero-order valence-corrected chi connectivity index (χ0v) is 18.9. The number of para-hydroxylation sites is 1. The third-order valence-corrected chi connectivity index (χ3v) is 5.82. The van der Waals surface area contributed by atoms with Crippen LogP contribution in [0.15, 0.2) is 42.9 Å². The Balaban J connectivity index is 1.41. The highest BCUT2D eigenvalue weighted by Gasteiger charge is 2.16. The van der Waals surface area contributed by atoms with Gasteiger partial charge in [-0.1, -0.05) is 18.2 Å². The largest absolute Gasteiger partial charge is 0.364 e. The topological polar surface area (TPSA) is 88.7 Å². The van der Waals surface area contributed by atoms with Gasteiger partial charge in [0.25, 0.3) is 0 Å². The fourth-order valence-electron chi connectivity index (χ4n) is 3.96. The molecule has 0 aliphatic carbocycles. The lowest BCUT2D eigenvalue weighted by molar-refractivity contribution is 0.583. The first-order chi connectivity index (χ1) is 15.6. The molecule has 4 heterocycles. The first kappa shape index (κ1) is 20.7. The summed E-state index contributed by atoms with van der Waals surface area (Å²) in [6.07, 6.45) is 3.79. The molecular weight excluding hydrogens is 426 g/mol. The van der Waals surface area contributed by atoms with Gasteiger partial charge in [-0.3, -0.25) is 0 Å². The Hall–Kier alpha value is -3.17. The molecule has 0 unspecified atom stereocenters. The molecule has 5 rings (SSSR count). The molecule has 0 spiro atoms. The van der Waals surface area contributed by atoms with Crippen LogP contribution in [0, 0.1) is 0 Å². The van der Waals surface area contributed by atoms with Crippen LogP contribution < -0.4 is 15.5 Å². The quantitative estimate of drug-likeness (QED) is 0.435. The highest BCUT2D eigenvalue weighted by Crippen LogP contribution is 2.25. The van der Waals surface area contributed by atoms with Crippen molar-refractivity contribution in [2.75, 3.05) is 36.4 Å². The van der Waals surface area contributed by atoms with E-state index in [1.807, 2.05) is 27.6 Å². The minimum atomic E-state index is 0.198. The van der Waals surface area contributed by atoms with Crippen molar-refractivity contribution in [3.8, 4) is 5.69 Å². The van der Waals surface area contributed by atoms with E-state index in [4.69, 9.17) is 16.7 Å². The number of anilines is 2. The Morgan fingerprint density at radius 1 is 1.12 bits per heavy atom. The van der Waals surface area contributed by atoms with E-state index >= 15 is 0 Å². The second-order valence-corrected chi connectivity index (χ2v) is 8.43. The molecule has 3 aromatic heterocycles. The smallest absolute Gasteiger partial charge is 0.226 e. The Kier molecular flexibility index (Phi) is 5.67. The van der Waals surface area contributed by atoms with E-state index in [0.29, 0.717) is 17.9 Å². The molecule has 2 N–H and O–H groups in total. The number of nitrogens with one attached hydrogen (secondary N) is 2. The average Bonchev–Trinajstić information content (AvgIpc) is 3.46. The van der Waals surface area contributed by atoms with E-state index in [2.05, 4.69) is 62.5 Å². The van der Waals surface area contributed by atoms with E-state index in [0.717, 1.165) is 48.9 Å². The highest BCUT2D eigenvalue weighted by molar-refractivity contribution is 6.28. The Morgan fingerprint density at radius 3 is 2.75 bits per heavy atom. The minimum Gasteiger partial charge on any atom is -0.364 e. The number of rotatable bonds is 6. The second-order valence-electron chi connectivity index (χ2n) is 8.10. The maximum absolute atomic E-state index is 6.22. The van der Waals surface area contributed by atoms with Crippen molar-refractivity contribution < 1.29 is 0 Å². The van der Waals surface area contributed by atoms with Gasteiger partial charge in [-0.25, -0.2) is 9.67 Å². The molecule has 10 heteroatoms. The fraction of sp³-hybridized carbons (Fsp3) is 0.364. The third kappa shape index (κ3) is 4.01. The normalized spacial score (nSPS) is 14.4. The SMILES string of the molecule is CC(C)n1cnc2c(NCc3ccccc3-n3ccc(N4CCNCC4)n3)nc(Cl)nc21. The van der Waals surface area contributed by atoms with Gasteiger partial charge in [0.2, 0.25) is 5.28 Å². The zero-order valence-electron chi connectivity index (χ0n) is 18.2. The fourth-order valence-corrected chi connectivity index (χ4v) is 4.13. The van der Waals surface area contributed by atoms with Crippen LogP contribution in [0.5, 0.6) is 0 Å². The Labute approximate surface area is 191 Å². The maximum Gasteiger partial charge on any atom is 0.226 e.